The van der Waals surface area contributed by atoms with Gasteiger partial charge in [0.2, 0.25) is 6.29 Å². The third-order valence-electron chi connectivity index (χ3n) is 5.72. The van der Waals surface area contributed by atoms with Crippen molar-refractivity contribution in [3.8, 4) is 0 Å². The highest BCUT2D eigenvalue weighted by Crippen LogP contribution is 2.57. The summed E-state index contributed by atoms with van der Waals surface area (Å²) < 4.78 is 28.2. The van der Waals surface area contributed by atoms with Crippen LogP contribution in [-0.4, -0.2) is 49.1 Å². The maximum absolute atomic E-state index is 12.3. The topological polar surface area (TPSA) is 101 Å². The Labute approximate surface area is 177 Å². The van der Waals surface area contributed by atoms with E-state index in [1.807, 2.05) is 27.7 Å². The molecule has 2 aliphatic heterocycles. The Balaban J connectivity index is 1.77. The molecule has 1 saturated carbocycles. The van der Waals surface area contributed by atoms with Crippen molar-refractivity contribution in [2.24, 2.45) is 23.7 Å². The van der Waals surface area contributed by atoms with Crippen molar-refractivity contribution in [1.29, 1.82) is 0 Å². The zero-order valence-electron chi connectivity index (χ0n) is 18.3. The van der Waals surface area contributed by atoms with Crippen molar-refractivity contribution in [3.05, 3.63) is 11.8 Å². The molecular formula is C22H32O8. The summed E-state index contributed by atoms with van der Waals surface area (Å²) in [4.78, 5) is 35.9. The number of ether oxygens (including phenoxy) is 5. The van der Waals surface area contributed by atoms with Gasteiger partial charge in [-0.25, -0.2) is 0 Å². The Morgan fingerprint density at radius 3 is 2.30 bits per heavy atom. The largest absolute Gasteiger partial charge is 0.462 e. The summed E-state index contributed by atoms with van der Waals surface area (Å²) in [6, 6.07) is 0. The fraction of sp³-hybridized carbons (Fsp3) is 0.773. The van der Waals surface area contributed by atoms with E-state index in [9.17, 15) is 14.4 Å². The van der Waals surface area contributed by atoms with Gasteiger partial charge in [0, 0.05) is 31.3 Å². The van der Waals surface area contributed by atoms with Crippen LogP contribution in [0, 0.1) is 23.7 Å². The number of epoxide rings is 1. The molecule has 8 heteroatoms. The number of carbonyl (C=O) groups excluding carboxylic acids is 3. The van der Waals surface area contributed by atoms with E-state index in [0.29, 0.717) is 19.4 Å². The summed E-state index contributed by atoms with van der Waals surface area (Å²) in [6.45, 7) is 9.62. The van der Waals surface area contributed by atoms with Gasteiger partial charge in [0.15, 0.2) is 0 Å². The highest BCUT2D eigenvalue weighted by atomic mass is 16.7. The van der Waals surface area contributed by atoms with Crippen LogP contribution in [0.3, 0.4) is 0 Å². The maximum Gasteiger partial charge on any atom is 0.309 e. The summed E-state index contributed by atoms with van der Waals surface area (Å²) in [5, 5.41) is 0. The second-order valence-electron chi connectivity index (χ2n) is 9.25. The Morgan fingerprint density at radius 1 is 1.10 bits per heavy atom. The molecule has 2 fully saturated rings. The predicted molar refractivity (Wildman–Crippen MR) is 105 cm³/mol. The number of fused-ring (bicyclic) bond motifs is 2. The average molecular weight is 424 g/mol. The van der Waals surface area contributed by atoms with Crippen LogP contribution in [0.25, 0.3) is 0 Å². The lowest BCUT2D eigenvalue weighted by atomic mass is 9.83. The van der Waals surface area contributed by atoms with Crippen LogP contribution >= 0.6 is 0 Å². The third kappa shape index (κ3) is 4.96. The van der Waals surface area contributed by atoms with Crippen LogP contribution < -0.4 is 0 Å². The van der Waals surface area contributed by atoms with Gasteiger partial charge in [0.1, 0.15) is 18.3 Å². The van der Waals surface area contributed by atoms with Gasteiger partial charge >= 0.3 is 17.9 Å². The molecule has 2 heterocycles. The number of hydrogen-bond acceptors (Lipinski definition) is 8. The highest BCUT2D eigenvalue weighted by molar-refractivity contribution is 5.70. The summed E-state index contributed by atoms with van der Waals surface area (Å²) >= 11 is 0. The number of hydrogen-bond donors (Lipinski definition) is 0. The predicted octanol–water partition coefficient (Wildman–Crippen LogP) is 2.74. The Kier molecular flexibility index (Phi) is 6.75. The minimum atomic E-state index is -0.834. The van der Waals surface area contributed by atoms with E-state index in [-0.39, 0.29) is 48.6 Å². The molecule has 0 amide bonds. The second-order valence-corrected chi connectivity index (χ2v) is 9.25. The van der Waals surface area contributed by atoms with Crippen molar-refractivity contribution in [2.45, 2.75) is 71.9 Å². The minimum absolute atomic E-state index is 0.0856. The monoisotopic (exact) mass is 424 g/mol. The molecule has 1 saturated heterocycles. The Hall–Kier alpha value is -2.09. The van der Waals surface area contributed by atoms with E-state index in [0.717, 1.165) is 5.57 Å². The van der Waals surface area contributed by atoms with Gasteiger partial charge in [-0.3, -0.25) is 14.4 Å². The fourth-order valence-electron chi connectivity index (χ4n) is 4.38. The molecule has 0 N–H and O–H groups in total. The lowest BCUT2D eigenvalue weighted by Gasteiger charge is -2.35. The molecule has 0 aromatic carbocycles. The van der Waals surface area contributed by atoms with Gasteiger partial charge in [0.05, 0.1) is 18.8 Å². The van der Waals surface area contributed by atoms with Gasteiger partial charge in [-0.05, 0) is 18.3 Å². The first kappa shape index (κ1) is 22.6. The van der Waals surface area contributed by atoms with Gasteiger partial charge in [-0.15, -0.1) is 0 Å². The fourth-order valence-corrected chi connectivity index (χ4v) is 4.38. The van der Waals surface area contributed by atoms with Crippen molar-refractivity contribution in [1.82, 2.24) is 0 Å². The van der Waals surface area contributed by atoms with Crippen LogP contribution in [0.4, 0.5) is 0 Å². The van der Waals surface area contributed by atoms with Crippen LogP contribution in [-0.2, 0) is 38.1 Å². The quantitative estimate of drug-likeness (QED) is 0.333. The normalized spacial score (nSPS) is 31.8. The first-order valence-corrected chi connectivity index (χ1v) is 10.6. The average Bonchev–Trinajstić information content (AvgIpc) is 3.33. The van der Waals surface area contributed by atoms with Gasteiger partial charge in [0.25, 0.3) is 0 Å². The zero-order valence-corrected chi connectivity index (χ0v) is 18.3. The van der Waals surface area contributed by atoms with Gasteiger partial charge < -0.3 is 23.7 Å². The van der Waals surface area contributed by atoms with Crippen LogP contribution in [0.2, 0.25) is 0 Å². The standard InChI is InChI=1S/C22H32O8/c1-12(2)6-18(24)26-9-15-10-27-21(30-19(25)7-13(3)4)20-16(15)8-17(29-14(5)23)22(20)11-28-22/h10,12-13,16-17,20-21H,6-9,11H2,1-5H3/t16?,17-,20?,21-,22-/m0/s1. The Morgan fingerprint density at radius 2 is 1.73 bits per heavy atom. The van der Waals surface area contributed by atoms with Gasteiger partial charge in [-0.2, -0.15) is 0 Å². The van der Waals surface area contributed by atoms with Crippen molar-refractivity contribution < 1.29 is 38.1 Å². The molecule has 3 aliphatic rings. The number of esters is 3. The van der Waals surface area contributed by atoms with E-state index in [2.05, 4.69) is 0 Å². The van der Waals surface area contributed by atoms with Crippen LogP contribution in [0.1, 0.15) is 53.9 Å². The molecule has 8 nitrogen and oxygen atoms in total. The van der Waals surface area contributed by atoms with Crippen LogP contribution in [0.15, 0.2) is 11.8 Å². The summed E-state index contributed by atoms with van der Waals surface area (Å²) in [5.74, 6) is -1.13. The molecule has 0 aromatic heterocycles. The molecule has 3 rings (SSSR count). The molecule has 168 valence electrons. The number of carbonyl (C=O) groups is 3. The maximum atomic E-state index is 12.3. The first-order valence-electron chi connectivity index (χ1n) is 10.6. The SMILES string of the molecule is CC(=O)O[C@H]1CC2C(COC(=O)CC(C)C)=CO[C@@H](OC(=O)CC(C)C)C2[C@]12CO2. The third-order valence-corrected chi connectivity index (χ3v) is 5.72. The smallest absolute Gasteiger partial charge is 0.309 e. The van der Waals surface area contributed by atoms with Crippen molar-refractivity contribution in [3.63, 3.8) is 0 Å². The molecule has 0 aromatic rings. The summed E-state index contributed by atoms with van der Waals surface area (Å²) in [7, 11) is 0. The Bertz CT molecular complexity index is 706. The zero-order chi connectivity index (χ0) is 22.1. The lowest BCUT2D eigenvalue weighted by Crippen LogP contribution is -2.45. The minimum Gasteiger partial charge on any atom is -0.462 e. The molecule has 1 aliphatic carbocycles. The number of rotatable bonds is 8. The van der Waals surface area contributed by atoms with E-state index >= 15 is 0 Å². The second kappa shape index (κ2) is 8.96. The summed E-state index contributed by atoms with van der Waals surface area (Å²) in [5.41, 5.74) is 0.0402. The van der Waals surface area contributed by atoms with Crippen molar-refractivity contribution in [2.75, 3.05) is 13.2 Å². The summed E-state index contributed by atoms with van der Waals surface area (Å²) in [6.07, 6.45) is 1.33. The highest BCUT2D eigenvalue weighted by Gasteiger charge is 2.70. The molecule has 2 unspecified atom stereocenters. The molecule has 1 spiro atoms. The van der Waals surface area contributed by atoms with Crippen molar-refractivity contribution >= 4 is 17.9 Å². The molecule has 30 heavy (non-hydrogen) atoms. The lowest BCUT2D eigenvalue weighted by molar-refractivity contribution is -0.192. The van der Waals surface area contributed by atoms with E-state index in [1.54, 1.807) is 0 Å². The molecule has 0 radical (unpaired) electrons. The van der Waals surface area contributed by atoms with E-state index in [1.165, 1.54) is 13.2 Å². The molecular weight excluding hydrogens is 392 g/mol. The van der Waals surface area contributed by atoms with Crippen LogP contribution in [0.5, 0.6) is 0 Å². The molecule has 0 bridgehead atoms. The van der Waals surface area contributed by atoms with E-state index in [4.69, 9.17) is 23.7 Å². The molecule has 5 atom stereocenters. The van der Waals surface area contributed by atoms with E-state index < -0.39 is 24.0 Å². The van der Waals surface area contributed by atoms with Gasteiger partial charge in [-0.1, -0.05) is 27.7 Å². The first-order chi connectivity index (χ1) is 14.1.